The highest BCUT2D eigenvalue weighted by Gasteiger charge is 2.24. The summed E-state index contributed by atoms with van der Waals surface area (Å²) in [6.45, 7) is 3.23. The van der Waals surface area contributed by atoms with Crippen LogP contribution in [0.1, 0.15) is 31.5 Å². The van der Waals surface area contributed by atoms with Crippen LogP contribution in [0.5, 0.6) is 0 Å². The Hall–Kier alpha value is -3.50. The summed E-state index contributed by atoms with van der Waals surface area (Å²) in [5.41, 5.74) is 3.98. The first-order valence-corrected chi connectivity index (χ1v) is 15.1. The third-order valence-corrected chi connectivity index (χ3v) is 9.28. The zero-order valence-electron chi connectivity index (χ0n) is 22.9. The first-order valence-electron chi connectivity index (χ1n) is 13.6. The van der Waals surface area contributed by atoms with Gasteiger partial charge >= 0.3 is 0 Å². The molecule has 0 radical (unpaired) electrons. The molecule has 1 fully saturated rings. The Balaban J connectivity index is 0.00000194. The van der Waals surface area contributed by atoms with Crippen molar-refractivity contribution in [3.05, 3.63) is 84.7 Å². The molecule has 2 heterocycles. The molecule has 1 saturated carbocycles. The van der Waals surface area contributed by atoms with Crippen LogP contribution in [0.3, 0.4) is 0 Å². The van der Waals surface area contributed by atoms with Crippen LogP contribution in [0.4, 0.5) is 5.82 Å². The van der Waals surface area contributed by atoms with E-state index < -0.39 is 10.0 Å². The second kappa shape index (κ2) is 13.0. The van der Waals surface area contributed by atoms with Crippen molar-refractivity contribution in [3.63, 3.8) is 0 Å². The molecular formula is C31H36ClN5O3S. The predicted octanol–water partition coefficient (Wildman–Crippen LogP) is 5.88. The maximum absolute atomic E-state index is 13.1. The first kappa shape index (κ1) is 30.5. The number of sulfonamides is 1. The molecule has 0 aliphatic heterocycles. The average molecular weight is 594 g/mol. The third kappa shape index (κ3) is 6.70. The Kier molecular flexibility index (Phi) is 9.65. The highest BCUT2D eigenvalue weighted by atomic mass is 35.5. The molecule has 1 aliphatic carbocycles. The van der Waals surface area contributed by atoms with Gasteiger partial charge in [0.25, 0.3) is 0 Å². The topological polar surface area (TPSA) is 131 Å². The number of fused-ring (bicyclic) bond motifs is 2. The monoisotopic (exact) mass is 593 g/mol. The van der Waals surface area contributed by atoms with E-state index in [0.717, 1.165) is 76.9 Å². The van der Waals surface area contributed by atoms with Crippen molar-refractivity contribution in [2.75, 3.05) is 18.4 Å². The first-order chi connectivity index (χ1) is 19.0. The van der Waals surface area contributed by atoms with E-state index in [2.05, 4.69) is 43.2 Å². The summed E-state index contributed by atoms with van der Waals surface area (Å²) >= 11 is 0. The molecule has 41 heavy (non-hydrogen) atoms. The van der Waals surface area contributed by atoms with Gasteiger partial charge < -0.3 is 15.8 Å². The fraction of sp³-hybridized carbons (Fsp3) is 0.290. The number of benzene rings is 3. The molecule has 6 rings (SSSR count). The number of aromatic nitrogens is 3. The lowest BCUT2D eigenvalue weighted by atomic mass is 9.82. The summed E-state index contributed by atoms with van der Waals surface area (Å²) in [6.07, 6.45) is 4.12. The third-order valence-electron chi connectivity index (χ3n) is 7.80. The summed E-state index contributed by atoms with van der Waals surface area (Å²) in [5, 5.41) is 5.27. The number of aromatic amines is 1. The molecular weight excluding hydrogens is 558 g/mol. The van der Waals surface area contributed by atoms with Crippen LogP contribution in [-0.4, -0.2) is 41.9 Å². The average Bonchev–Trinajstić information content (AvgIpc) is 3.40. The van der Waals surface area contributed by atoms with Gasteiger partial charge in [0, 0.05) is 24.2 Å². The van der Waals surface area contributed by atoms with Gasteiger partial charge in [0.15, 0.2) is 5.82 Å². The van der Waals surface area contributed by atoms with Crippen molar-refractivity contribution in [2.45, 2.75) is 37.5 Å². The van der Waals surface area contributed by atoms with Crippen molar-refractivity contribution >= 4 is 50.1 Å². The Morgan fingerprint density at radius 2 is 1.51 bits per heavy atom. The minimum Gasteiger partial charge on any atom is -0.412 e. The highest BCUT2D eigenvalue weighted by molar-refractivity contribution is 7.89. The standard InChI is InChI=1S/C31H33N5O2S.ClH.H2O/c1-21-34-28-18-27(25-9-3-2-4-10-25)36-30(28)31(35-21)32-19-22-14-16-23(17-15-22)20-33-39(37,38)29-13-7-11-24-8-5-6-12-26(24)29;;/h2-13,18,22-23,33,36H,14-17,19-20H2,1H3,(H,32,34,35);1H;1H2. The number of hydrogen-bond donors (Lipinski definition) is 3. The predicted molar refractivity (Wildman–Crippen MR) is 168 cm³/mol. The second-order valence-electron chi connectivity index (χ2n) is 10.5. The molecule has 0 unspecified atom stereocenters. The van der Waals surface area contributed by atoms with Gasteiger partial charge in [0.1, 0.15) is 11.3 Å². The van der Waals surface area contributed by atoms with Crippen LogP contribution in [0, 0.1) is 18.8 Å². The Bertz CT molecular complexity index is 1710. The summed E-state index contributed by atoms with van der Waals surface area (Å²) in [4.78, 5) is 13.2. The van der Waals surface area contributed by atoms with Gasteiger partial charge in [0.05, 0.1) is 10.4 Å². The smallest absolute Gasteiger partial charge is 0.241 e. The fourth-order valence-corrected chi connectivity index (χ4v) is 6.99. The van der Waals surface area contributed by atoms with Crippen LogP contribution >= 0.6 is 12.4 Å². The number of rotatable bonds is 8. The number of halogens is 1. The lowest BCUT2D eigenvalue weighted by molar-refractivity contribution is 0.284. The normalized spacial score (nSPS) is 17.1. The van der Waals surface area contributed by atoms with Crippen molar-refractivity contribution in [2.24, 2.45) is 11.8 Å². The quantitative estimate of drug-likeness (QED) is 0.207. The Morgan fingerprint density at radius 3 is 2.27 bits per heavy atom. The summed E-state index contributed by atoms with van der Waals surface area (Å²) in [6, 6.07) is 25.4. The maximum atomic E-state index is 13.1. The molecule has 216 valence electrons. The molecule has 5 N–H and O–H groups in total. The SMILES string of the molecule is Cc1nc(NCC2CCC(CNS(=O)(=O)c3cccc4ccccc34)CC2)c2[nH]c(-c3ccccc3)cc2n1.Cl.O. The van der Waals surface area contributed by atoms with Gasteiger partial charge in [-0.05, 0) is 67.5 Å². The molecule has 0 atom stereocenters. The summed E-state index contributed by atoms with van der Waals surface area (Å²) in [5.74, 6) is 2.44. The minimum absolute atomic E-state index is 0. The maximum Gasteiger partial charge on any atom is 0.241 e. The number of anilines is 1. The van der Waals surface area contributed by atoms with Crippen LogP contribution in [0.2, 0.25) is 0 Å². The van der Waals surface area contributed by atoms with E-state index in [-0.39, 0.29) is 17.9 Å². The van der Waals surface area contributed by atoms with Crippen LogP contribution < -0.4 is 10.0 Å². The van der Waals surface area contributed by atoms with Gasteiger partial charge in [-0.1, -0.05) is 66.7 Å². The number of hydrogen-bond acceptors (Lipinski definition) is 5. The van der Waals surface area contributed by atoms with E-state index in [0.29, 0.717) is 23.3 Å². The number of nitrogens with one attached hydrogen (secondary N) is 3. The molecule has 10 heteroatoms. The van der Waals surface area contributed by atoms with Crippen LogP contribution in [-0.2, 0) is 10.0 Å². The molecule has 0 bridgehead atoms. The van der Waals surface area contributed by atoms with Gasteiger partial charge in [-0.2, -0.15) is 0 Å². The van der Waals surface area contributed by atoms with Gasteiger partial charge in [-0.3, -0.25) is 0 Å². The van der Waals surface area contributed by atoms with E-state index in [1.807, 2.05) is 55.5 Å². The van der Waals surface area contributed by atoms with E-state index in [1.54, 1.807) is 12.1 Å². The van der Waals surface area contributed by atoms with Crippen molar-refractivity contribution in [1.29, 1.82) is 0 Å². The molecule has 0 spiro atoms. The van der Waals surface area contributed by atoms with Crippen molar-refractivity contribution in [3.8, 4) is 11.3 Å². The Labute approximate surface area is 246 Å². The molecule has 2 aromatic heterocycles. The van der Waals surface area contributed by atoms with Gasteiger partial charge in [-0.15, -0.1) is 12.4 Å². The molecule has 3 aromatic carbocycles. The number of nitrogens with zero attached hydrogens (tertiary/aromatic N) is 2. The van der Waals surface area contributed by atoms with Gasteiger partial charge in [-0.25, -0.2) is 23.1 Å². The van der Waals surface area contributed by atoms with Crippen LogP contribution in [0.25, 0.3) is 33.1 Å². The van der Waals surface area contributed by atoms with Gasteiger partial charge in [0.2, 0.25) is 10.0 Å². The Morgan fingerprint density at radius 1 is 0.854 bits per heavy atom. The molecule has 5 aromatic rings. The van der Waals surface area contributed by atoms with E-state index >= 15 is 0 Å². The molecule has 8 nitrogen and oxygen atoms in total. The highest BCUT2D eigenvalue weighted by Crippen LogP contribution is 2.31. The largest absolute Gasteiger partial charge is 0.412 e. The van der Waals surface area contributed by atoms with Crippen molar-refractivity contribution < 1.29 is 13.9 Å². The zero-order chi connectivity index (χ0) is 26.8. The zero-order valence-corrected chi connectivity index (χ0v) is 24.6. The van der Waals surface area contributed by atoms with E-state index in [9.17, 15) is 8.42 Å². The molecule has 0 amide bonds. The fourth-order valence-electron chi connectivity index (χ4n) is 5.65. The van der Waals surface area contributed by atoms with E-state index in [4.69, 9.17) is 0 Å². The number of aryl methyl sites for hydroxylation is 1. The summed E-state index contributed by atoms with van der Waals surface area (Å²) in [7, 11) is -3.57. The van der Waals surface area contributed by atoms with Crippen LogP contribution in [0.15, 0.2) is 83.8 Å². The molecule has 1 aliphatic rings. The second-order valence-corrected chi connectivity index (χ2v) is 12.3. The summed E-state index contributed by atoms with van der Waals surface area (Å²) < 4.78 is 29.1. The lowest BCUT2D eigenvalue weighted by Crippen LogP contribution is -2.32. The van der Waals surface area contributed by atoms with Crippen molar-refractivity contribution in [1.82, 2.24) is 19.7 Å². The van der Waals surface area contributed by atoms with E-state index in [1.165, 1.54) is 0 Å². The lowest BCUT2D eigenvalue weighted by Gasteiger charge is -2.29. The minimum atomic E-state index is -3.57. The number of H-pyrrole nitrogens is 1. The molecule has 0 saturated heterocycles.